The van der Waals surface area contributed by atoms with Crippen molar-refractivity contribution in [3.63, 3.8) is 0 Å². The van der Waals surface area contributed by atoms with Gasteiger partial charge in [0.15, 0.2) is 0 Å². The van der Waals surface area contributed by atoms with Crippen molar-refractivity contribution in [2.45, 2.75) is 50.0 Å². The van der Waals surface area contributed by atoms with Crippen molar-refractivity contribution in [3.05, 3.63) is 35.4 Å². The molecule has 1 aliphatic heterocycles. The SMILES string of the molecule is CO[C@@]12CC[C@H](OCCO)C[C@@H]1N(Cc1ccccc1C(=O)O)CC2. The first-order valence-corrected chi connectivity index (χ1v) is 8.92. The lowest BCUT2D eigenvalue weighted by molar-refractivity contribution is -0.104. The number of carboxylic acid groups (broad SMARTS) is 1. The Morgan fingerprint density at radius 3 is 2.88 bits per heavy atom. The lowest BCUT2D eigenvalue weighted by atomic mass is 9.79. The normalized spacial score (nSPS) is 29.5. The molecule has 1 aromatic rings. The largest absolute Gasteiger partial charge is 0.478 e. The predicted octanol–water partition coefficient (Wildman–Crippen LogP) is 1.91. The van der Waals surface area contributed by atoms with Crippen LogP contribution in [0, 0.1) is 0 Å². The van der Waals surface area contributed by atoms with Crippen LogP contribution in [0.4, 0.5) is 0 Å². The Kier molecular flexibility index (Phi) is 5.74. The van der Waals surface area contributed by atoms with E-state index in [-0.39, 0.29) is 24.4 Å². The number of carboxylic acids is 1. The van der Waals surface area contributed by atoms with Crippen LogP contribution in [0.2, 0.25) is 0 Å². The molecule has 1 heterocycles. The van der Waals surface area contributed by atoms with Gasteiger partial charge in [0.05, 0.1) is 30.5 Å². The van der Waals surface area contributed by atoms with E-state index in [1.807, 2.05) is 12.1 Å². The molecule has 6 nitrogen and oxygen atoms in total. The van der Waals surface area contributed by atoms with Crippen LogP contribution in [0.1, 0.15) is 41.6 Å². The average molecular weight is 349 g/mol. The van der Waals surface area contributed by atoms with E-state index in [1.165, 1.54) is 0 Å². The summed E-state index contributed by atoms with van der Waals surface area (Å²) in [6.45, 7) is 1.88. The summed E-state index contributed by atoms with van der Waals surface area (Å²) in [4.78, 5) is 13.8. The summed E-state index contributed by atoms with van der Waals surface area (Å²) in [7, 11) is 1.77. The number of methoxy groups -OCH3 is 1. The Balaban J connectivity index is 1.77. The third-order valence-electron chi connectivity index (χ3n) is 5.72. The van der Waals surface area contributed by atoms with Crippen molar-refractivity contribution < 1.29 is 24.5 Å². The zero-order valence-corrected chi connectivity index (χ0v) is 14.7. The molecular formula is C19H27NO5. The van der Waals surface area contributed by atoms with Crippen LogP contribution >= 0.6 is 0 Å². The minimum absolute atomic E-state index is 0.0340. The number of hydrogen-bond donors (Lipinski definition) is 2. The smallest absolute Gasteiger partial charge is 0.336 e. The van der Waals surface area contributed by atoms with Crippen LogP contribution in [0.3, 0.4) is 0 Å². The highest BCUT2D eigenvalue weighted by atomic mass is 16.5. The minimum Gasteiger partial charge on any atom is -0.478 e. The number of benzene rings is 1. The molecule has 2 aliphatic rings. The number of hydrogen-bond acceptors (Lipinski definition) is 5. The molecule has 3 atom stereocenters. The highest BCUT2D eigenvalue weighted by Gasteiger charge is 2.51. The highest BCUT2D eigenvalue weighted by Crippen LogP contribution is 2.43. The first-order valence-electron chi connectivity index (χ1n) is 8.92. The predicted molar refractivity (Wildman–Crippen MR) is 92.6 cm³/mol. The van der Waals surface area contributed by atoms with Gasteiger partial charge in [-0.05, 0) is 37.3 Å². The highest BCUT2D eigenvalue weighted by molar-refractivity contribution is 5.89. The molecule has 1 aromatic carbocycles. The van der Waals surface area contributed by atoms with Gasteiger partial charge in [0.2, 0.25) is 0 Å². The first kappa shape index (κ1) is 18.3. The van der Waals surface area contributed by atoms with Gasteiger partial charge < -0.3 is 19.7 Å². The molecule has 0 amide bonds. The van der Waals surface area contributed by atoms with Gasteiger partial charge >= 0.3 is 5.97 Å². The number of rotatable bonds is 7. The molecule has 0 unspecified atom stereocenters. The molecule has 6 heteroatoms. The molecular weight excluding hydrogens is 322 g/mol. The van der Waals surface area contributed by atoms with Gasteiger partial charge in [0.25, 0.3) is 0 Å². The second-order valence-corrected chi connectivity index (χ2v) is 6.96. The monoisotopic (exact) mass is 349 g/mol. The maximum Gasteiger partial charge on any atom is 0.336 e. The molecule has 3 rings (SSSR count). The van der Waals surface area contributed by atoms with Gasteiger partial charge in [-0.15, -0.1) is 0 Å². The average Bonchev–Trinajstić information content (AvgIpc) is 2.99. The molecule has 2 N–H and O–H groups in total. The Hall–Kier alpha value is -1.47. The molecule has 1 saturated carbocycles. The maximum absolute atomic E-state index is 11.5. The number of aromatic carboxylic acids is 1. The molecule has 2 fully saturated rings. The van der Waals surface area contributed by atoms with E-state index in [0.717, 1.165) is 37.8 Å². The number of ether oxygens (including phenoxy) is 2. The third-order valence-corrected chi connectivity index (χ3v) is 5.72. The van der Waals surface area contributed by atoms with Crippen molar-refractivity contribution in [1.82, 2.24) is 4.90 Å². The van der Waals surface area contributed by atoms with E-state index in [4.69, 9.17) is 14.6 Å². The number of nitrogens with zero attached hydrogens (tertiary/aromatic N) is 1. The van der Waals surface area contributed by atoms with Crippen molar-refractivity contribution in [2.24, 2.45) is 0 Å². The lowest BCUT2D eigenvalue weighted by Crippen LogP contribution is -2.51. The van der Waals surface area contributed by atoms with Crippen molar-refractivity contribution in [1.29, 1.82) is 0 Å². The lowest BCUT2D eigenvalue weighted by Gasteiger charge is -2.43. The number of likely N-dealkylation sites (tertiary alicyclic amines) is 1. The zero-order valence-electron chi connectivity index (χ0n) is 14.7. The van der Waals surface area contributed by atoms with Gasteiger partial charge in [-0.2, -0.15) is 0 Å². The van der Waals surface area contributed by atoms with E-state index in [1.54, 1.807) is 19.2 Å². The topological polar surface area (TPSA) is 79.2 Å². The summed E-state index contributed by atoms with van der Waals surface area (Å²) < 4.78 is 11.7. The fourth-order valence-corrected chi connectivity index (χ4v) is 4.40. The summed E-state index contributed by atoms with van der Waals surface area (Å²) in [5.41, 5.74) is 1.03. The van der Waals surface area contributed by atoms with Crippen molar-refractivity contribution in [3.8, 4) is 0 Å². The maximum atomic E-state index is 11.5. The fourth-order valence-electron chi connectivity index (χ4n) is 4.40. The molecule has 1 aliphatic carbocycles. The van der Waals surface area contributed by atoms with Crippen molar-refractivity contribution >= 4 is 5.97 Å². The van der Waals surface area contributed by atoms with Gasteiger partial charge in [-0.3, -0.25) is 4.90 Å². The number of aliphatic hydroxyl groups is 1. The molecule has 25 heavy (non-hydrogen) atoms. The third kappa shape index (κ3) is 3.72. The standard InChI is InChI=1S/C19H27NO5/c1-24-19-7-6-15(25-11-10-21)12-17(19)20(9-8-19)13-14-4-2-3-5-16(14)18(22)23/h2-5,15,17,21H,6-13H2,1H3,(H,22,23)/t15-,17-,19+/m0/s1. The van der Waals surface area contributed by atoms with Crippen LogP contribution in [-0.2, 0) is 16.0 Å². The van der Waals surface area contributed by atoms with E-state index in [2.05, 4.69) is 4.90 Å². The van der Waals surface area contributed by atoms with Crippen LogP contribution < -0.4 is 0 Å². The summed E-state index contributed by atoms with van der Waals surface area (Å²) in [5, 5.41) is 18.4. The fraction of sp³-hybridized carbons (Fsp3) is 0.632. The second kappa shape index (κ2) is 7.83. The van der Waals surface area contributed by atoms with Crippen LogP contribution in [-0.4, -0.2) is 65.7 Å². The number of fused-ring (bicyclic) bond motifs is 1. The minimum atomic E-state index is -0.888. The summed E-state index contributed by atoms with van der Waals surface area (Å²) >= 11 is 0. The molecule has 0 spiro atoms. The van der Waals surface area contributed by atoms with Crippen LogP contribution in [0.25, 0.3) is 0 Å². The Morgan fingerprint density at radius 1 is 1.36 bits per heavy atom. The Morgan fingerprint density at radius 2 is 2.16 bits per heavy atom. The van der Waals surface area contributed by atoms with Gasteiger partial charge in [0, 0.05) is 26.2 Å². The summed E-state index contributed by atoms with van der Waals surface area (Å²) in [6, 6.07) is 7.40. The van der Waals surface area contributed by atoms with Crippen LogP contribution in [0.5, 0.6) is 0 Å². The molecule has 0 radical (unpaired) electrons. The first-order chi connectivity index (χ1) is 12.1. The molecule has 138 valence electrons. The van der Waals surface area contributed by atoms with E-state index >= 15 is 0 Å². The molecule has 0 bridgehead atoms. The van der Waals surface area contributed by atoms with Crippen LogP contribution in [0.15, 0.2) is 24.3 Å². The molecule has 1 saturated heterocycles. The van der Waals surface area contributed by atoms with E-state index < -0.39 is 5.97 Å². The second-order valence-electron chi connectivity index (χ2n) is 6.96. The summed E-state index contributed by atoms with van der Waals surface area (Å²) in [6.07, 6.45) is 3.79. The van der Waals surface area contributed by atoms with Crippen molar-refractivity contribution in [2.75, 3.05) is 26.9 Å². The van der Waals surface area contributed by atoms with Gasteiger partial charge in [0.1, 0.15) is 0 Å². The van der Waals surface area contributed by atoms with E-state index in [0.29, 0.717) is 18.7 Å². The van der Waals surface area contributed by atoms with Gasteiger partial charge in [-0.1, -0.05) is 18.2 Å². The van der Waals surface area contributed by atoms with E-state index in [9.17, 15) is 9.90 Å². The molecule has 0 aromatic heterocycles. The summed E-state index contributed by atoms with van der Waals surface area (Å²) in [5.74, 6) is -0.888. The quantitative estimate of drug-likeness (QED) is 0.783. The Bertz CT molecular complexity index is 607. The number of carbonyl (C=O) groups is 1. The Labute approximate surface area is 148 Å². The van der Waals surface area contributed by atoms with Gasteiger partial charge in [-0.25, -0.2) is 4.79 Å². The number of aliphatic hydroxyl groups excluding tert-OH is 1. The zero-order chi connectivity index (χ0) is 17.9.